The molecule has 2 aromatic rings. The maximum absolute atomic E-state index is 12.2. The van der Waals surface area contributed by atoms with Crippen LogP contribution in [0.25, 0.3) is 0 Å². The van der Waals surface area contributed by atoms with Gasteiger partial charge in [0.25, 0.3) is 5.91 Å². The number of rotatable bonds is 9. The number of nitrogens with zero attached hydrogens (tertiary/aromatic N) is 1. The fourth-order valence-corrected chi connectivity index (χ4v) is 2.64. The van der Waals surface area contributed by atoms with Crippen LogP contribution in [0.3, 0.4) is 0 Å². The molecule has 0 saturated heterocycles. The number of anilines is 1. The summed E-state index contributed by atoms with van der Waals surface area (Å²) in [7, 11) is 2.06. The molecular weight excluding hydrogens is 312 g/mol. The zero-order valence-electron chi connectivity index (χ0n) is 15.4. The van der Waals surface area contributed by atoms with Crippen molar-refractivity contribution < 1.29 is 9.53 Å². The molecule has 0 unspecified atom stereocenters. The molecule has 0 heterocycles. The standard InChI is InChI=1S/C21H28N2O2/c1-4-18-11-8-9-14-20(18)25-17(2)21(24)22-15-10-16-23(3)19-12-6-5-7-13-19/h5-9,11-14,17H,4,10,15-16H2,1-3H3,(H,22,24)/t17-/m0/s1. The molecule has 0 bridgehead atoms. The number of nitrogens with one attached hydrogen (secondary N) is 1. The van der Waals surface area contributed by atoms with Gasteiger partial charge in [-0.05, 0) is 43.5 Å². The molecule has 4 heteroatoms. The smallest absolute Gasteiger partial charge is 0.260 e. The van der Waals surface area contributed by atoms with Crippen molar-refractivity contribution in [3.63, 3.8) is 0 Å². The normalized spacial score (nSPS) is 11.6. The summed E-state index contributed by atoms with van der Waals surface area (Å²) in [4.78, 5) is 14.4. The Bertz CT molecular complexity index is 658. The van der Waals surface area contributed by atoms with Crippen LogP contribution in [0.2, 0.25) is 0 Å². The number of carbonyl (C=O) groups is 1. The molecule has 0 aliphatic heterocycles. The van der Waals surface area contributed by atoms with Crippen molar-refractivity contribution in [3.8, 4) is 5.75 Å². The summed E-state index contributed by atoms with van der Waals surface area (Å²) in [5, 5.41) is 2.96. The number of para-hydroxylation sites is 2. The van der Waals surface area contributed by atoms with Crippen LogP contribution in [-0.2, 0) is 11.2 Å². The molecule has 0 saturated carbocycles. The molecule has 134 valence electrons. The Morgan fingerprint density at radius 1 is 1.12 bits per heavy atom. The number of benzene rings is 2. The van der Waals surface area contributed by atoms with E-state index in [1.807, 2.05) is 42.5 Å². The van der Waals surface area contributed by atoms with E-state index in [2.05, 4.69) is 36.3 Å². The molecular formula is C21H28N2O2. The molecule has 2 aromatic carbocycles. The van der Waals surface area contributed by atoms with Crippen LogP contribution < -0.4 is 15.0 Å². The van der Waals surface area contributed by atoms with Gasteiger partial charge < -0.3 is 15.0 Å². The van der Waals surface area contributed by atoms with Gasteiger partial charge in [-0.15, -0.1) is 0 Å². The van der Waals surface area contributed by atoms with E-state index in [4.69, 9.17) is 4.74 Å². The molecule has 0 aliphatic carbocycles. The highest BCUT2D eigenvalue weighted by atomic mass is 16.5. The maximum atomic E-state index is 12.2. The number of hydrogen-bond donors (Lipinski definition) is 1. The first-order valence-electron chi connectivity index (χ1n) is 8.90. The van der Waals surface area contributed by atoms with Crippen molar-refractivity contribution >= 4 is 11.6 Å². The number of aryl methyl sites for hydroxylation is 1. The van der Waals surface area contributed by atoms with Crippen molar-refractivity contribution in [2.24, 2.45) is 0 Å². The van der Waals surface area contributed by atoms with Gasteiger partial charge in [0.05, 0.1) is 0 Å². The van der Waals surface area contributed by atoms with Crippen LogP contribution in [-0.4, -0.2) is 32.1 Å². The number of hydrogen-bond acceptors (Lipinski definition) is 3. The minimum atomic E-state index is -0.500. The van der Waals surface area contributed by atoms with Gasteiger partial charge in [-0.25, -0.2) is 0 Å². The average molecular weight is 340 g/mol. The summed E-state index contributed by atoms with van der Waals surface area (Å²) in [6, 6.07) is 18.1. The van der Waals surface area contributed by atoms with Crippen LogP contribution in [0.15, 0.2) is 54.6 Å². The predicted octanol–water partition coefficient (Wildman–Crippen LogP) is 3.66. The molecule has 0 radical (unpaired) electrons. The highest BCUT2D eigenvalue weighted by molar-refractivity contribution is 5.80. The van der Waals surface area contributed by atoms with E-state index in [0.29, 0.717) is 6.54 Å². The Morgan fingerprint density at radius 3 is 2.52 bits per heavy atom. The van der Waals surface area contributed by atoms with Crippen molar-refractivity contribution in [2.75, 3.05) is 25.0 Å². The minimum absolute atomic E-state index is 0.0757. The lowest BCUT2D eigenvalue weighted by Crippen LogP contribution is -2.37. The predicted molar refractivity (Wildman–Crippen MR) is 103 cm³/mol. The largest absolute Gasteiger partial charge is 0.481 e. The molecule has 1 atom stereocenters. The van der Waals surface area contributed by atoms with Gasteiger partial charge >= 0.3 is 0 Å². The fraction of sp³-hybridized carbons (Fsp3) is 0.381. The summed E-state index contributed by atoms with van der Waals surface area (Å²) in [5.41, 5.74) is 2.30. The molecule has 0 spiro atoms. The minimum Gasteiger partial charge on any atom is -0.481 e. The third kappa shape index (κ3) is 5.82. The SMILES string of the molecule is CCc1ccccc1O[C@@H](C)C(=O)NCCCN(C)c1ccccc1. The third-order valence-electron chi connectivity index (χ3n) is 4.19. The number of amides is 1. The van der Waals surface area contributed by atoms with Gasteiger partial charge in [0, 0.05) is 25.8 Å². The highest BCUT2D eigenvalue weighted by Gasteiger charge is 2.15. The van der Waals surface area contributed by atoms with Crippen molar-refractivity contribution in [2.45, 2.75) is 32.8 Å². The monoisotopic (exact) mass is 340 g/mol. The summed E-state index contributed by atoms with van der Waals surface area (Å²) in [6.07, 6.45) is 1.27. The lowest BCUT2D eigenvalue weighted by Gasteiger charge is -2.20. The zero-order chi connectivity index (χ0) is 18.1. The van der Waals surface area contributed by atoms with Gasteiger partial charge in [-0.1, -0.05) is 43.3 Å². The quantitative estimate of drug-likeness (QED) is 0.708. The van der Waals surface area contributed by atoms with Crippen LogP contribution >= 0.6 is 0 Å². The van der Waals surface area contributed by atoms with E-state index in [0.717, 1.165) is 30.7 Å². The number of ether oxygens (including phenoxy) is 1. The lowest BCUT2D eigenvalue weighted by molar-refractivity contribution is -0.127. The third-order valence-corrected chi connectivity index (χ3v) is 4.19. The van der Waals surface area contributed by atoms with E-state index >= 15 is 0 Å². The Labute approximate surface area is 150 Å². The van der Waals surface area contributed by atoms with Crippen molar-refractivity contribution in [3.05, 3.63) is 60.2 Å². The second-order valence-corrected chi connectivity index (χ2v) is 6.12. The van der Waals surface area contributed by atoms with Crippen LogP contribution in [0, 0.1) is 0 Å². The molecule has 0 aliphatic rings. The molecule has 1 N–H and O–H groups in total. The molecule has 25 heavy (non-hydrogen) atoms. The zero-order valence-corrected chi connectivity index (χ0v) is 15.4. The van der Waals surface area contributed by atoms with E-state index < -0.39 is 6.10 Å². The Morgan fingerprint density at radius 2 is 1.80 bits per heavy atom. The number of carbonyl (C=O) groups excluding carboxylic acids is 1. The van der Waals surface area contributed by atoms with Gasteiger partial charge in [-0.3, -0.25) is 4.79 Å². The van der Waals surface area contributed by atoms with Crippen LogP contribution in [0.1, 0.15) is 25.8 Å². The molecule has 4 nitrogen and oxygen atoms in total. The van der Waals surface area contributed by atoms with E-state index in [1.165, 1.54) is 5.69 Å². The fourth-order valence-electron chi connectivity index (χ4n) is 2.64. The maximum Gasteiger partial charge on any atom is 0.260 e. The van der Waals surface area contributed by atoms with Gasteiger partial charge in [0.2, 0.25) is 0 Å². The summed E-state index contributed by atoms with van der Waals surface area (Å²) >= 11 is 0. The van der Waals surface area contributed by atoms with E-state index in [9.17, 15) is 4.79 Å². The first-order valence-corrected chi connectivity index (χ1v) is 8.90. The first-order chi connectivity index (χ1) is 12.1. The molecule has 1 amide bonds. The Kier molecular flexibility index (Phi) is 7.33. The second kappa shape index (κ2) is 9.72. The molecule has 0 aromatic heterocycles. The molecule has 2 rings (SSSR count). The van der Waals surface area contributed by atoms with Crippen LogP contribution in [0.4, 0.5) is 5.69 Å². The summed E-state index contributed by atoms with van der Waals surface area (Å²) in [6.45, 7) is 5.39. The summed E-state index contributed by atoms with van der Waals surface area (Å²) < 4.78 is 5.82. The van der Waals surface area contributed by atoms with Crippen LogP contribution in [0.5, 0.6) is 5.75 Å². The first kappa shape index (κ1) is 18.8. The average Bonchev–Trinajstić information content (AvgIpc) is 2.65. The van der Waals surface area contributed by atoms with Gasteiger partial charge in [-0.2, -0.15) is 0 Å². The second-order valence-electron chi connectivity index (χ2n) is 6.12. The Balaban J connectivity index is 1.72. The van der Waals surface area contributed by atoms with E-state index in [1.54, 1.807) is 6.92 Å². The Hall–Kier alpha value is -2.49. The van der Waals surface area contributed by atoms with E-state index in [-0.39, 0.29) is 5.91 Å². The van der Waals surface area contributed by atoms with Gasteiger partial charge in [0.1, 0.15) is 5.75 Å². The van der Waals surface area contributed by atoms with Crippen molar-refractivity contribution in [1.29, 1.82) is 0 Å². The lowest BCUT2D eigenvalue weighted by atomic mass is 10.1. The van der Waals surface area contributed by atoms with Crippen molar-refractivity contribution in [1.82, 2.24) is 5.32 Å². The highest BCUT2D eigenvalue weighted by Crippen LogP contribution is 2.19. The topological polar surface area (TPSA) is 41.6 Å². The molecule has 0 fully saturated rings. The summed E-state index contributed by atoms with van der Waals surface area (Å²) in [5.74, 6) is 0.713. The van der Waals surface area contributed by atoms with Gasteiger partial charge in [0.15, 0.2) is 6.10 Å².